The Morgan fingerprint density at radius 3 is 2.26 bits per heavy atom. The summed E-state index contributed by atoms with van der Waals surface area (Å²) in [5.74, 6) is -0.343. The van der Waals surface area contributed by atoms with Crippen molar-refractivity contribution in [1.82, 2.24) is 9.99 Å². The fraction of sp³-hybridized carbons (Fsp3) is 0. The number of carbonyl (C=O) groups is 1. The summed E-state index contributed by atoms with van der Waals surface area (Å²) in [6, 6.07) is 21.2. The average molecular weight is 490 g/mol. The number of carbonyl (C=O) groups excluding carboxylic acids is 1. The molecule has 1 amide bonds. The van der Waals surface area contributed by atoms with Crippen LogP contribution in [0.1, 0.15) is 15.9 Å². The van der Waals surface area contributed by atoms with E-state index in [-0.39, 0.29) is 22.2 Å². The van der Waals surface area contributed by atoms with Crippen LogP contribution in [-0.4, -0.2) is 30.0 Å². The summed E-state index contributed by atoms with van der Waals surface area (Å²) in [5, 5.41) is 14.7. The molecule has 4 rings (SSSR count). The summed E-state index contributed by atoms with van der Waals surface area (Å²) < 4.78 is 31.7. The molecule has 0 spiro atoms. The van der Waals surface area contributed by atoms with E-state index >= 15 is 0 Å². The Hall–Kier alpha value is -4.77. The zero-order valence-corrected chi connectivity index (χ0v) is 18.8. The Labute approximate surface area is 200 Å². The molecular formula is C24H18N4O6S. The van der Waals surface area contributed by atoms with E-state index < -0.39 is 15.0 Å². The topological polar surface area (TPSA) is 133 Å². The Bertz CT molecular complexity index is 1480. The van der Waals surface area contributed by atoms with Crippen LogP contribution >= 0.6 is 0 Å². The van der Waals surface area contributed by atoms with E-state index in [2.05, 4.69) is 10.5 Å². The molecule has 0 aliphatic heterocycles. The molecule has 0 aliphatic rings. The van der Waals surface area contributed by atoms with Gasteiger partial charge in [-0.15, -0.1) is 0 Å². The van der Waals surface area contributed by atoms with E-state index in [9.17, 15) is 23.3 Å². The van der Waals surface area contributed by atoms with Crippen LogP contribution in [0.3, 0.4) is 0 Å². The second-order valence-corrected chi connectivity index (χ2v) is 8.71. The maximum absolute atomic E-state index is 12.6. The maximum Gasteiger partial charge on any atom is 0.339 e. The van der Waals surface area contributed by atoms with E-state index in [1.165, 1.54) is 18.3 Å². The van der Waals surface area contributed by atoms with E-state index in [4.69, 9.17) is 4.18 Å². The first-order chi connectivity index (χ1) is 16.8. The van der Waals surface area contributed by atoms with Gasteiger partial charge in [0.25, 0.3) is 11.6 Å². The summed E-state index contributed by atoms with van der Waals surface area (Å²) >= 11 is 0. The van der Waals surface area contributed by atoms with Crippen LogP contribution in [0.25, 0.3) is 5.69 Å². The number of rotatable bonds is 8. The molecule has 1 heterocycles. The van der Waals surface area contributed by atoms with E-state index in [0.717, 1.165) is 24.3 Å². The number of nitro benzene ring substituents is 1. The second kappa shape index (κ2) is 10.0. The van der Waals surface area contributed by atoms with Crippen molar-refractivity contribution in [3.05, 3.63) is 119 Å². The van der Waals surface area contributed by atoms with Crippen molar-refractivity contribution in [1.29, 1.82) is 0 Å². The van der Waals surface area contributed by atoms with E-state index in [0.29, 0.717) is 16.8 Å². The molecule has 1 N–H and O–H groups in total. The molecule has 35 heavy (non-hydrogen) atoms. The third-order valence-corrected chi connectivity index (χ3v) is 6.09. The number of non-ortho nitro benzene ring substituents is 1. The van der Waals surface area contributed by atoms with Crippen LogP contribution in [0.2, 0.25) is 0 Å². The second-order valence-electron chi connectivity index (χ2n) is 7.16. The van der Waals surface area contributed by atoms with Gasteiger partial charge in [0.1, 0.15) is 10.6 Å². The first-order valence-corrected chi connectivity index (χ1v) is 11.6. The molecule has 0 bridgehead atoms. The fourth-order valence-electron chi connectivity index (χ4n) is 3.13. The molecule has 1 aromatic heterocycles. The predicted octanol–water partition coefficient (Wildman–Crippen LogP) is 3.92. The molecule has 0 fully saturated rings. The minimum atomic E-state index is -4.17. The Balaban J connectivity index is 1.39. The number of benzene rings is 3. The highest BCUT2D eigenvalue weighted by Crippen LogP contribution is 2.21. The van der Waals surface area contributed by atoms with E-state index in [1.807, 2.05) is 41.2 Å². The van der Waals surface area contributed by atoms with E-state index in [1.54, 1.807) is 24.3 Å². The quantitative estimate of drug-likeness (QED) is 0.172. The summed E-state index contributed by atoms with van der Waals surface area (Å²) in [7, 11) is -4.17. The summed E-state index contributed by atoms with van der Waals surface area (Å²) in [5.41, 5.74) is 3.99. The van der Waals surface area contributed by atoms with Crippen molar-refractivity contribution in [3.8, 4) is 11.4 Å². The molecule has 176 valence electrons. The van der Waals surface area contributed by atoms with Crippen molar-refractivity contribution in [2.75, 3.05) is 0 Å². The van der Waals surface area contributed by atoms with Gasteiger partial charge in [-0.3, -0.25) is 14.9 Å². The lowest BCUT2D eigenvalue weighted by Gasteiger charge is -2.09. The van der Waals surface area contributed by atoms with Crippen LogP contribution in [0, 0.1) is 10.1 Å². The highest BCUT2D eigenvalue weighted by molar-refractivity contribution is 7.87. The molecule has 3 aromatic carbocycles. The molecule has 4 aromatic rings. The fourth-order valence-corrected chi connectivity index (χ4v) is 4.06. The smallest absolute Gasteiger partial charge is 0.339 e. The Morgan fingerprint density at radius 1 is 0.943 bits per heavy atom. The summed E-state index contributed by atoms with van der Waals surface area (Å²) in [6.07, 6.45) is 5.08. The number of nitro groups is 1. The van der Waals surface area contributed by atoms with Crippen LogP contribution in [0.5, 0.6) is 5.75 Å². The zero-order chi connectivity index (χ0) is 24.8. The van der Waals surface area contributed by atoms with Crippen LogP contribution in [0.15, 0.2) is 107 Å². The van der Waals surface area contributed by atoms with Gasteiger partial charge in [-0.2, -0.15) is 13.5 Å². The zero-order valence-electron chi connectivity index (χ0n) is 18.0. The SMILES string of the molecule is O=C(N/N=C\c1ccc(OS(=O)(=O)c2ccc([N+](=O)[O-])cc2)cc1)c1ccccc1-n1cccc1. The molecule has 0 aliphatic carbocycles. The van der Waals surface area contributed by atoms with Gasteiger partial charge in [-0.1, -0.05) is 12.1 Å². The van der Waals surface area contributed by atoms with Gasteiger partial charge in [-0.25, -0.2) is 5.43 Å². The van der Waals surface area contributed by atoms with Crippen LogP contribution in [-0.2, 0) is 10.1 Å². The number of para-hydroxylation sites is 1. The number of amides is 1. The number of aromatic nitrogens is 1. The standard InChI is InChI=1S/C24H18N4O6S/c29-24(22-5-1-2-6-23(22)27-15-3-4-16-27)26-25-17-18-7-11-20(12-8-18)34-35(32,33)21-13-9-19(10-14-21)28(30)31/h1-17H,(H,26,29)/b25-17-. The highest BCUT2D eigenvalue weighted by atomic mass is 32.2. The van der Waals surface area contributed by atoms with Crippen molar-refractivity contribution >= 4 is 27.9 Å². The summed E-state index contributed by atoms with van der Waals surface area (Å²) in [4.78, 5) is 22.5. The van der Waals surface area contributed by atoms with Crippen LogP contribution < -0.4 is 9.61 Å². The predicted molar refractivity (Wildman–Crippen MR) is 128 cm³/mol. The van der Waals surface area contributed by atoms with Gasteiger partial charge >= 0.3 is 10.1 Å². The first kappa shape index (κ1) is 23.4. The van der Waals surface area contributed by atoms with Crippen LogP contribution in [0.4, 0.5) is 5.69 Å². The average Bonchev–Trinajstić information content (AvgIpc) is 3.40. The van der Waals surface area contributed by atoms with Crippen molar-refractivity contribution in [2.45, 2.75) is 4.90 Å². The lowest BCUT2D eigenvalue weighted by Crippen LogP contribution is -2.19. The minimum Gasteiger partial charge on any atom is -0.379 e. The van der Waals surface area contributed by atoms with Gasteiger partial charge < -0.3 is 8.75 Å². The number of hydrazone groups is 1. The molecular weight excluding hydrogens is 472 g/mol. The molecule has 0 radical (unpaired) electrons. The maximum atomic E-state index is 12.6. The molecule has 10 nitrogen and oxygen atoms in total. The molecule has 0 saturated carbocycles. The van der Waals surface area contributed by atoms with Gasteiger partial charge in [0.2, 0.25) is 0 Å². The normalized spacial score (nSPS) is 11.3. The molecule has 11 heteroatoms. The first-order valence-electron chi connectivity index (χ1n) is 10.2. The Kier molecular flexibility index (Phi) is 6.69. The number of nitrogens with zero attached hydrogens (tertiary/aromatic N) is 3. The van der Waals surface area contributed by atoms with Gasteiger partial charge in [0.05, 0.1) is 22.4 Å². The van der Waals surface area contributed by atoms with Gasteiger partial charge in [0.15, 0.2) is 0 Å². The van der Waals surface area contributed by atoms with Crippen molar-refractivity contribution in [3.63, 3.8) is 0 Å². The number of nitrogens with one attached hydrogen (secondary N) is 1. The number of hydrogen-bond acceptors (Lipinski definition) is 7. The number of hydrogen-bond donors (Lipinski definition) is 1. The third kappa shape index (κ3) is 5.60. The largest absolute Gasteiger partial charge is 0.379 e. The molecule has 0 saturated heterocycles. The van der Waals surface area contributed by atoms with Gasteiger partial charge in [0, 0.05) is 24.5 Å². The third-order valence-electron chi connectivity index (χ3n) is 4.83. The monoisotopic (exact) mass is 490 g/mol. The van der Waals surface area contributed by atoms with Crippen molar-refractivity contribution in [2.24, 2.45) is 5.10 Å². The lowest BCUT2D eigenvalue weighted by atomic mass is 10.1. The minimum absolute atomic E-state index is 0.0465. The van der Waals surface area contributed by atoms with Crippen molar-refractivity contribution < 1.29 is 22.3 Å². The lowest BCUT2D eigenvalue weighted by molar-refractivity contribution is -0.384. The highest BCUT2D eigenvalue weighted by Gasteiger charge is 2.18. The Morgan fingerprint density at radius 2 is 1.60 bits per heavy atom. The summed E-state index contributed by atoms with van der Waals surface area (Å²) in [6.45, 7) is 0. The molecule has 0 unspecified atom stereocenters. The van der Waals surface area contributed by atoms with Gasteiger partial charge in [-0.05, 0) is 66.2 Å². The molecule has 0 atom stereocenters.